The van der Waals surface area contributed by atoms with E-state index in [2.05, 4.69) is 31.9 Å². The number of rotatable bonds is 4. The maximum Gasteiger partial charge on any atom is 0.0803 e. The third kappa shape index (κ3) is 2.86. The Labute approximate surface area is 108 Å². The zero-order valence-corrected chi connectivity index (χ0v) is 11.8. The Hall–Kier alpha value is -0.480. The fraction of sp³-hybridized carbons (Fsp3) is 0.769. The molecule has 1 aromatic heterocycles. The number of nitrogens with zero attached hydrogens (tertiary/aromatic N) is 2. The zero-order valence-electron chi connectivity index (χ0n) is 10.9. The quantitative estimate of drug-likeness (QED) is 0.895. The number of thioether (sulfide) groups is 1. The zero-order chi connectivity index (χ0) is 12.5. The fourth-order valence-electron chi connectivity index (χ4n) is 2.51. The summed E-state index contributed by atoms with van der Waals surface area (Å²) in [6, 6.07) is 2.15. The standard InChI is InChI=1S/C13H22N2OS/c1-4-11-6-12(15(5-2)14-11)8-13(16)7-10(3)17-9-13/h6,10,16H,4-5,7-9H2,1-3H3. The van der Waals surface area contributed by atoms with E-state index in [-0.39, 0.29) is 0 Å². The monoisotopic (exact) mass is 254 g/mol. The highest BCUT2D eigenvalue weighted by Crippen LogP contribution is 2.36. The van der Waals surface area contributed by atoms with E-state index in [9.17, 15) is 5.11 Å². The van der Waals surface area contributed by atoms with Gasteiger partial charge in [-0.3, -0.25) is 4.68 Å². The molecule has 0 radical (unpaired) electrons. The maximum absolute atomic E-state index is 10.6. The Bertz CT molecular complexity index is 391. The Kier molecular flexibility index (Phi) is 3.83. The molecule has 1 saturated heterocycles. The predicted octanol–water partition coefficient (Wildman–Crippen LogP) is 2.26. The lowest BCUT2D eigenvalue weighted by Gasteiger charge is -2.21. The highest BCUT2D eigenvalue weighted by atomic mass is 32.2. The molecular formula is C13H22N2OS. The molecule has 4 heteroatoms. The highest BCUT2D eigenvalue weighted by molar-refractivity contribution is 8.00. The smallest absolute Gasteiger partial charge is 0.0803 e. The Balaban J connectivity index is 2.14. The number of aryl methyl sites for hydroxylation is 2. The predicted molar refractivity (Wildman–Crippen MR) is 72.5 cm³/mol. The molecule has 1 fully saturated rings. The molecule has 17 heavy (non-hydrogen) atoms. The summed E-state index contributed by atoms with van der Waals surface area (Å²) < 4.78 is 2.03. The van der Waals surface area contributed by atoms with Crippen molar-refractivity contribution < 1.29 is 5.11 Å². The van der Waals surface area contributed by atoms with E-state index in [0.29, 0.717) is 5.25 Å². The first-order valence-corrected chi connectivity index (χ1v) is 7.51. The van der Waals surface area contributed by atoms with E-state index >= 15 is 0 Å². The first-order chi connectivity index (χ1) is 8.06. The van der Waals surface area contributed by atoms with E-state index in [0.717, 1.165) is 37.3 Å². The third-order valence-electron chi connectivity index (χ3n) is 3.39. The molecule has 3 nitrogen and oxygen atoms in total. The molecule has 0 aliphatic carbocycles. The van der Waals surface area contributed by atoms with E-state index < -0.39 is 5.60 Å². The van der Waals surface area contributed by atoms with Crippen molar-refractivity contribution in [1.82, 2.24) is 9.78 Å². The molecule has 1 aromatic rings. The maximum atomic E-state index is 10.6. The molecule has 1 aliphatic heterocycles. The van der Waals surface area contributed by atoms with Gasteiger partial charge in [-0.25, -0.2) is 0 Å². The normalized spacial score (nSPS) is 28.8. The fourth-order valence-corrected chi connectivity index (χ4v) is 3.76. The summed E-state index contributed by atoms with van der Waals surface area (Å²) in [5.74, 6) is 0.852. The lowest BCUT2D eigenvalue weighted by molar-refractivity contribution is 0.0621. The van der Waals surface area contributed by atoms with Crippen LogP contribution in [0, 0.1) is 0 Å². The lowest BCUT2D eigenvalue weighted by atomic mass is 9.94. The van der Waals surface area contributed by atoms with Crippen LogP contribution in [0.1, 0.15) is 38.6 Å². The summed E-state index contributed by atoms with van der Waals surface area (Å²) in [6.07, 6.45) is 2.60. The van der Waals surface area contributed by atoms with Gasteiger partial charge in [0.2, 0.25) is 0 Å². The first kappa shape index (κ1) is 13.0. The van der Waals surface area contributed by atoms with Crippen molar-refractivity contribution in [2.75, 3.05) is 5.75 Å². The van der Waals surface area contributed by atoms with Gasteiger partial charge in [0.05, 0.1) is 11.3 Å². The van der Waals surface area contributed by atoms with Crippen LogP contribution in [0.2, 0.25) is 0 Å². The number of aliphatic hydroxyl groups is 1. The molecule has 2 unspecified atom stereocenters. The van der Waals surface area contributed by atoms with Crippen molar-refractivity contribution in [1.29, 1.82) is 0 Å². The van der Waals surface area contributed by atoms with Gasteiger partial charge < -0.3 is 5.11 Å². The minimum absolute atomic E-state index is 0.526. The van der Waals surface area contributed by atoms with Crippen LogP contribution in [0.15, 0.2) is 6.07 Å². The van der Waals surface area contributed by atoms with Gasteiger partial charge in [0.25, 0.3) is 0 Å². The summed E-state index contributed by atoms with van der Waals surface area (Å²) in [7, 11) is 0. The van der Waals surface area contributed by atoms with Crippen LogP contribution in [0.4, 0.5) is 0 Å². The van der Waals surface area contributed by atoms with Crippen LogP contribution in [0.3, 0.4) is 0 Å². The van der Waals surface area contributed by atoms with E-state index in [1.54, 1.807) is 0 Å². The number of hydrogen-bond donors (Lipinski definition) is 1. The second-order valence-corrected chi connectivity index (χ2v) is 6.45. The summed E-state index contributed by atoms with van der Waals surface area (Å²) in [5, 5.41) is 15.7. The molecular weight excluding hydrogens is 232 g/mol. The summed E-state index contributed by atoms with van der Waals surface area (Å²) >= 11 is 1.87. The SMILES string of the molecule is CCc1cc(CC2(O)CSC(C)C2)n(CC)n1. The largest absolute Gasteiger partial charge is 0.389 e. The molecule has 0 bridgehead atoms. The molecule has 0 aromatic carbocycles. The van der Waals surface area contributed by atoms with Crippen LogP contribution >= 0.6 is 11.8 Å². The Morgan fingerprint density at radius 2 is 2.35 bits per heavy atom. The van der Waals surface area contributed by atoms with Gasteiger partial charge in [0.15, 0.2) is 0 Å². The van der Waals surface area contributed by atoms with Gasteiger partial charge >= 0.3 is 0 Å². The lowest BCUT2D eigenvalue weighted by Crippen LogP contribution is -2.32. The van der Waals surface area contributed by atoms with E-state index in [4.69, 9.17) is 0 Å². The average molecular weight is 254 g/mol. The van der Waals surface area contributed by atoms with Crippen LogP contribution in [0.25, 0.3) is 0 Å². The van der Waals surface area contributed by atoms with Crippen LogP contribution in [-0.4, -0.2) is 31.5 Å². The second kappa shape index (κ2) is 5.02. The molecule has 2 rings (SSSR count). The van der Waals surface area contributed by atoms with Crippen molar-refractivity contribution in [3.8, 4) is 0 Å². The van der Waals surface area contributed by atoms with Gasteiger partial charge in [0, 0.05) is 29.7 Å². The van der Waals surface area contributed by atoms with Gasteiger partial charge in [0.1, 0.15) is 0 Å². The van der Waals surface area contributed by atoms with Crippen LogP contribution in [0.5, 0.6) is 0 Å². The van der Waals surface area contributed by atoms with Crippen molar-refractivity contribution in [2.24, 2.45) is 0 Å². The molecule has 0 amide bonds. The molecule has 0 spiro atoms. The van der Waals surface area contributed by atoms with Gasteiger partial charge in [-0.1, -0.05) is 13.8 Å². The van der Waals surface area contributed by atoms with Gasteiger partial charge in [-0.15, -0.1) is 0 Å². The van der Waals surface area contributed by atoms with Gasteiger partial charge in [-0.2, -0.15) is 16.9 Å². The Morgan fingerprint density at radius 3 is 2.88 bits per heavy atom. The average Bonchev–Trinajstić information content (AvgIpc) is 2.83. The van der Waals surface area contributed by atoms with E-state index in [1.165, 1.54) is 5.69 Å². The van der Waals surface area contributed by atoms with Gasteiger partial charge in [-0.05, 0) is 25.8 Å². The highest BCUT2D eigenvalue weighted by Gasteiger charge is 2.36. The third-order valence-corrected chi connectivity index (χ3v) is 4.83. The Morgan fingerprint density at radius 1 is 1.59 bits per heavy atom. The molecule has 2 heterocycles. The van der Waals surface area contributed by atoms with Crippen molar-refractivity contribution in [3.05, 3.63) is 17.5 Å². The molecule has 1 N–H and O–H groups in total. The summed E-state index contributed by atoms with van der Waals surface area (Å²) in [6.45, 7) is 7.30. The van der Waals surface area contributed by atoms with Crippen molar-refractivity contribution in [2.45, 2.75) is 57.4 Å². The molecule has 1 aliphatic rings. The topological polar surface area (TPSA) is 38.0 Å². The van der Waals surface area contributed by atoms with Crippen LogP contribution < -0.4 is 0 Å². The molecule has 2 atom stereocenters. The molecule has 96 valence electrons. The number of aromatic nitrogens is 2. The summed E-state index contributed by atoms with van der Waals surface area (Å²) in [5.41, 5.74) is 1.79. The minimum atomic E-state index is -0.526. The molecule has 0 saturated carbocycles. The number of hydrogen-bond acceptors (Lipinski definition) is 3. The second-order valence-electron chi connectivity index (χ2n) is 5.02. The van der Waals surface area contributed by atoms with E-state index in [1.807, 2.05) is 16.4 Å². The van der Waals surface area contributed by atoms with Crippen molar-refractivity contribution >= 4 is 11.8 Å². The summed E-state index contributed by atoms with van der Waals surface area (Å²) in [4.78, 5) is 0. The van der Waals surface area contributed by atoms with Crippen LogP contribution in [-0.2, 0) is 19.4 Å². The van der Waals surface area contributed by atoms with Crippen molar-refractivity contribution in [3.63, 3.8) is 0 Å². The minimum Gasteiger partial charge on any atom is -0.389 e. The first-order valence-electron chi connectivity index (χ1n) is 6.46.